The minimum Gasteiger partial charge on any atom is -0.377 e. The number of benzene rings is 1. The molecular formula is C14H21FN2O. The highest BCUT2D eigenvalue weighted by molar-refractivity contribution is 5.50. The van der Waals surface area contributed by atoms with Gasteiger partial charge in [0.2, 0.25) is 0 Å². The summed E-state index contributed by atoms with van der Waals surface area (Å²) in [5.41, 5.74) is 7.13. The average molecular weight is 252 g/mol. The van der Waals surface area contributed by atoms with Crippen molar-refractivity contribution in [2.24, 2.45) is 5.73 Å². The summed E-state index contributed by atoms with van der Waals surface area (Å²) >= 11 is 0. The summed E-state index contributed by atoms with van der Waals surface area (Å²) in [6.45, 7) is 4.76. The van der Waals surface area contributed by atoms with Gasteiger partial charge in [0, 0.05) is 6.54 Å². The Morgan fingerprint density at radius 1 is 1.50 bits per heavy atom. The molecule has 0 saturated carbocycles. The molecule has 1 saturated heterocycles. The molecule has 4 heteroatoms. The van der Waals surface area contributed by atoms with Crippen molar-refractivity contribution in [3.8, 4) is 0 Å². The van der Waals surface area contributed by atoms with Gasteiger partial charge in [-0.25, -0.2) is 4.39 Å². The first-order valence-electron chi connectivity index (χ1n) is 6.59. The summed E-state index contributed by atoms with van der Waals surface area (Å²) in [7, 11) is 0. The van der Waals surface area contributed by atoms with E-state index in [1.54, 1.807) is 6.07 Å². The third-order valence-electron chi connectivity index (χ3n) is 3.45. The molecule has 1 unspecified atom stereocenters. The molecule has 0 bridgehead atoms. The Balaban J connectivity index is 2.21. The Kier molecular flexibility index (Phi) is 4.55. The van der Waals surface area contributed by atoms with Crippen LogP contribution in [0.1, 0.15) is 18.9 Å². The predicted octanol–water partition coefficient (Wildman–Crippen LogP) is 1.94. The van der Waals surface area contributed by atoms with Gasteiger partial charge in [0.1, 0.15) is 5.82 Å². The van der Waals surface area contributed by atoms with Crippen LogP contribution in [-0.2, 0) is 11.2 Å². The highest BCUT2D eigenvalue weighted by Gasteiger charge is 2.23. The number of morpholine rings is 1. The van der Waals surface area contributed by atoms with E-state index in [2.05, 4.69) is 11.8 Å². The van der Waals surface area contributed by atoms with Crippen LogP contribution in [0.25, 0.3) is 0 Å². The number of rotatable bonds is 4. The summed E-state index contributed by atoms with van der Waals surface area (Å²) in [5, 5.41) is 0. The lowest BCUT2D eigenvalue weighted by Crippen LogP contribution is -2.45. The van der Waals surface area contributed by atoms with Crippen molar-refractivity contribution < 1.29 is 9.13 Å². The van der Waals surface area contributed by atoms with Gasteiger partial charge in [-0.05, 0) is 37.1 Å². The molecule has 1 heterocycles. The van der Waals surface area contributed by atoms with Crippen molar-refractivity contribution in [3.63, 3.8) is 0 Å². The van der Waals surface area contributed by atoms with E-state index in [1.807, 2.05) is 12.1 Å². The second kappa shape index (κ2) is 6.16. The van der Waals surface area contributed by atoms with Gasteiger partial charge in [0.25, 0.3) is 0 Å². The molecule has 0 aromatic heterocycles. The van der Waals surface area contributed by atoms with Crippen molar-refractivity contribution in [2.75, 3.05) is 31.2 Å². The van der Waals surface area contributed by atoms with Crippen LogP contribution < -0.4 is 10.6 Å². The SMILES string of the molecule is CCC1COCCN1c1ccc(CCN)cc1F. The van der Waals surface area contributed by atoms with Crippen molar-refractivity contribution in [1.29, 1.82) is 0 Å². The van der Waals surface area contributed by atoms with Crippen LogP contribution in [0, 0.1) is 5.82 Å². The molecule has 0 amide bonds. The molecule has 2 N–H and O–H groups in total. The smallest absolute Gasteiger partial charge is 0.146 e. The van der Waals surface area contributed by atoms with E-state index in [-0.39, 0.29) is 11.9 Å². The molecule has 1 aliphatic rings. The van der Waals surface area contributed by atoms with Gasteiger partial charge in [0.15, 0.2) is 0 Å². The topological polar surface area (TPSA) is 38.5 Å². The van der Waals surface area contributed by atoms with Crippen molar-refractivity contribution in [1.82, 2.24) is 0 Å². The third-order valence-corrected chi connectivity index (χ3v) is 3.45. The van der Waals surface area contributed by atoms with Crippen LogP contribution in [0.5, 0.6) is 0 Å². The fourth-order valence-electron chi connectivity index (χ4n) is 2.42. The summed E-state index contributed by atoms with van der Waals surface area (Å²) in [6, 6.07) is 5.71. The molecule has 1 aromatic rings. The van der Waals surface area contributed by atoms with E-state index >= 15 is 0 Å². The maximum absolute atomic E-state index is 14.1. The third kappa shape index (κ3) is 2.82. The number of ether oxygens (including phenoxy) is 1. The van der Waals surface area contributed by atoms with Gasteiger partial charge in [-0.15, -0.1) is 0 Å². The van der Waals surface area contributed by atoms with Crippen LogP contribution in [0.15, 0.2) is 18.2 Å². The summed E-state index contributed by atoms with van der Waals surface area (Å²) < 4.78 is 19.6. The lowest BCUT2D eigenvalue weighted by molar-refractivity contribution is 0.0926. The van der Waals surface area contributed by atoms with Gasteiger partial charge in [-0.2, -0.15) is 0 Å². The van der Waals surface area contributed by atoms with Gasteiger partial charge >= 0.3 is 0 Å². The van der Waals surface area contributed by atoms with Gasteiger partial charge in [-0.3, -0.25) is 0 Å². The lowest BCUT2D eigenvalue weighted by Gasteiger charge is -2.37. The Labute approximate surface area is 108 Å². The van der Waals surface area contributed by atoms with Crippen molar-refractivity contribution in [2.45, 2.75) is 25.8 Å². The van der Waals surface area contributed by atoms with E-state index in [0.717, 1.165) is 24.9 Å². The molecule has 0 radical (unpaired) electrons. The number of anilines is 1. The molecule has 100 valence electrons. The zero-order chi connectivity index (χ0) is 13.0. The van der Waals surface area contributed by atoms with Gasteiger partial charge in [0.05, 0.1) is 24.9 Å². The molecule has 3 nitrogen and oxygen atoms in total. The summed E-state index contributed by atoms with van der Waals surface area (Å²) in [6.07, 6.45) is 1.68. The highest BCUT2D eigenvalue weighted by Crippen LogP contribution is 2.25. The first-order chi connectivity index (χ1) is 8.76. The zero-order valence-corrected chi connectivity index (χ0v) is 10.9. The first-order valence-corrected chi connectivity index (χ1v) is 6.59. The number of nitrogens with zero attached hydrogens (tertiary/aromatic N) is 1. The second-order valence-electron chi connectivity index (χ2n) is 4.65. The van der Waals surface area contributed by atoms with E-state index in [9.17, 15) is 4.39 Å². The van der Waals surface area contributed by atoms with E-state index in [0.29, 0.717) is 25.4 Å². The van der Waals surface area contributed by atoms with E-state index < -0.39 is 0 Å². The number of hydrogen-bond acceptors (Lipinski definition) is 3. The minimum absolute atomic E-state index is 0.152. The average Bonchev–Trinajstić information content (AvgIpc) is 2.39. The van der Waals surface area contributed by atoms with E-state index in [1.165, 1.54) is 0 Å². The predicted molar refractivity (Wildman–Crippen MR) is 71.4 cm³/mol. The summed E-state index contributed by atoms with van der Waals surface area (Å²) in [5.74, 6) is -0.152. The normalized spacial score (nSPS) is 20.2. The van der Waals surface area contributed by atoms with Crippen LogP contribution in [-0.4, -0.2) is 32.3 Å². The molecule has 1 atom stereocenters. The Hall–Kier alpha value is -1.13. The van der Waals surface area contributed by atoms with E-state index in [4.69, 9.17) is 10.5 Å². The summed E-state index contributed by atoms with van der Waals surface area (Å²) in [4.78, 5) is 2.12. The Morgan fingerprint density at radius 3 is 3.00 bits per heavy atom. The van der Waals surface area contributed by atoms with Crippen molar-refractivity contribution in [3.05, 3.63) is 29.6 Å². The Morgan fingerprint density at radius 2 is 2.33 bits per heavy atom. The maximum Gasteiger partial charge on any atom is 0.146 e. The molecule has 1 fully saturated rings. The largest absolute Gasteiger partial charge is 0.377 e. The molecule has 1 aromatic carbocycles. The number of nitrogens with two attached hydrogens (primary N) is 1. The first kappa shape index (κ1) is 13.3. The minimum atomic E-state index is -0.152. The fraction of sp³-hybridized carbons (Fsp3) is 0.571. The number of halogens is 1. The molecule has 0 aliphatic carbocycles. The maximum atomic E-state index is 14.1. The number of hydrogen-bond donors (Lipinski definition) is 1. The molecule has 0 spiro atoms. The molecule has 2 rings (SSSR count). The molecule has 18 heavy (non-hydrogen) atoms. The highest BCUT2D eigenvalue weighted by atomic mass is 19.1. The van der Waals surface area contributed by atoms with Crippen LogP contribution in [0.4, 0.5) is 10.1 Å². The standard InChI is InChI=1S/C14H21FN2O/c1-2-12-10-18-8-7-17(12)14-4-3-11(5-6-16)9-13(14)15/h3-4,9,12H,2,5-8,10,16H2,1H3. The quantitative estimate of drug-likeness (QED) is 0.890. The van der Waals surface area contributed by atoms with Gasteiger partial charge < -0.3 is 15.4 Å². The zero-order valence-electron chi connectivity index (χ0n) is 10.9. The molecule has 1 aliphatic heterocycles. The fourth-order valence-corrected chi connectivity index (χ4v) is 2.42. The monoisotopic (exact) mass is 252 g/mol. The van der Waals surface area contributed by atoms with Crippen molar-refractivity contribution >= 4 is 5.69 Å². The van der Waals surface area contributed by atoms with Crippen LogP contribution in [0.2, 0.25) is 0 Å². The molecular weight excluding hydrogens is 231 g/mol. The Bertz CT molecular complexity index is 397. The van der Waals surface area contributed by atoms with Gasteiger partial charge in [-0.1, -0.05) is 13.0 Å². The van der Waals surface area contributed by atoms with Crippen LogP contribution in [0.3, 0.4) is 0 Å². The second-order valence-corrected chi connectivity index (χ2v) is 4.65. The van der Waals surface area contributed by atoms with Crippen LogP contribution >= 0.6 is 0 Å². The lowest BCUT2D eigenvalue weighted by atomic mass is 10.1.